The van der Waals surface area contributed by atoms with E-state index in [1.54, 1.807) is 0 Å². The number of hydrogen-bond acceptors (Lipinski definition) is 3. The lowest BCUT2D eigenvalue weighted by Gasteiger charge is -2.05. The van der Waals surface area contributed by atoms with Gasteiger partial charge in [0.25, 0.3) is 0 Å². The summed E-state index contributed by atoms with van der Waals surface area (Å²) < 4.78 is 5.34. The number of aliphatic hydroxyl groups excluding tert-OH is 1. The van der Waals surface area contributed by atoms with E-state index >= 15 is 0 Å². The summed E-state index contributed by atoms with van der Waals surface area (Å²) in [5.74, 6) is 0.644. The highest BCUT2D eigenvalue weighted by atomic mass is 16.5. The molecule has 3 nitrogen and oxygen atoms in total. The Morgan fingerprint density at radius 1 is 1.38 bits per heavy atom. The van der Waals surface area contributed by atoms with Crippen LogP contribution in [0.25, 0.3) is 0 Å². The first kappa shape index (κ1) is 9.99. The number of aromatic nitrogens is 1. The Bertz CT molecular complexity index is 253. The minimum atomic E-state index is 0.158. The molecule has 0 fully saturated rings. The summed E-state index contributed by atoms with van der Waals surface area (Å²) in [6.45, 7) is 4.62. The highest BCUT2D eigenvalue weighted by molar-refractivity contribution is 5.23. The molecule has 1 rings (SSSR count). The number of aryl methyl sites for hydroxylation is 2. The molecule has 0 bridgehead atoms. The lowest BCUT2D eigenvalue weighted by atomic mass is 10.2. The van der Waals surface area contributed by atoms with E-state index in [2.05, 4.69) is 4.98 Å². The van der Waals surface area contributed by atoms with E-state index in [4.69, 9.17) is 9.84 Å². The summed E-state index contributed by atoms with van der Waals surface area (Å²) in [6, 6.07) is 3.89. The van der Waals surface area contributed by atoms with E-state index in [1.165, 1.54) is 0 Å². The van der Waals surface area contributed by atoms with E-state index in [9.17, 15) is 0 Å². The van der Waals surface area contributed by atoms with Crippen molar-refractivity contribution in [3.63, 3.8) is 0 Å². The van der Waals surface area contributed by atoms with Gasteiger partial charge < -0.3 is 9.84 Å². The van der Waals surface area contributed by atoms with Crippen LogP contribution in [0.15, 0.2) is 12.1 Å². The van der Waals surface area contributed by atoms with Gasteiger partial charge in [0.1, 0.15) is 0 Å². The van der Waals surface area contributed by atoms with Crippen molar-refractivity contribution in [3.8, 4) is 5.88 Å². The van der Waals surface area contributed by atoms with Crippen molar-refractivity contribution in [3.05, 3.63) is 23.4 Å². The van der Waals surface area contributed by atoms with Crippen LogP contribution < -0.4 is 4.74 Å². The Labute approximate surface area is 78.4 Å². The topological polar surface area (TPSA) is 42.4 Å². The molecule has 0 aliphatic heterocycles. The molecule has 1 N–H and O–H groups in total. The normalized spacial score (nSPS) is 10.1. The van der Waals surface area contributed by atoms with Gasteiger partial charge in [-0.05, 0) is 25.5 Å². The van der Waals surface area contributed by atoms with Crippen molar-refractivity contribution < 1.29 is 9.84 Å². The molecule has 0 aliphatic carbocycles. The Hall–Kier alpha value is -1.09. The molecule has 0 atom stereocenters. The predicted octanol–water partition coefficient (Wildman–Crippen LogP) is 1.46. The van der Waals surface area contributed by atoms with E-state index in [-0.39, 0.29) is 6.61 Å². The van der Waals surface area contributed by atoms with Crippen molar-refractivity contribution in [2.45, 2.75) is 20.3 Å². The van der Waals surface area contributed by atoms with Gasteiger partial charge in [-0.15, -0.1) is 0 Å². The van der Waals surface area contributed by atoms with Gasteiger partial charge in [0.2, 0.25) is 5.88 Å². The third kappa shape index (κ3) is 3.42. The van der Waals surface area contributed by atoms with Gasteiger partial charge in [-0.1, -0.05) is 0 Å². The van der Waals surface area contributed by atoms with Crippen molar-refractivity contribution in [2.75, 3.05) is 13.2 Å². The summed E-state index contributed by atoms with van der Waals surface area (Å²) in [5, 5.41) is 8.55. The summed E-state index contributed by atoms with van der Waals surface area (Å²) in [7, 11) is 0. The second kappa shape index (κ2) is 4.82. The van der Waals surface area contributed by atoms with Gasteiger partial charge in [-0.25, -0.2) is 4.98 Å². The van der Waals surface area contributed by atoms with Crippen LogP contribution in [-0.4, -0.2) is 23.3 Å². The summed E-state index contributed by atoms with van der Waals surface area (Å²) in [4.78, 5) is 4.20. The van der Waals surface area contributed by atoms with Crippen LogP contribution in [-0.2, 0) is 0 Å². The molecule has 0 spiro atoms. The molecule has 0 aliphatic rings. The molecule has 0 aromatic carbocycles. The molecule has 0 unspecified atom stereocenters. The third-order valence-corrected chi connectivity index (χ3v) is 1.63. The fourth-order valence-corrected chi connectivity index (χ4v) is 1.12. The molecule has 0 amide bonds. The number of ether oxygens (including phenoxy) is 1. The Morgan fingerprint density at radius 2 is 2.15 bits per heavy atom. The second-order valence-corrected chi connectivity index (χ2v) is 3.05. The average molecular weight is 181 g/mol. The van der Waals surface area contributed by atoms with Gasteiger partial charge in [-0.2, -0.15) is 0 Å². The SMILES string of the molecule is Cc1cc(C)nc(OCCCO)c1. The monoisotopic (exact) mass is 181 g/mol. The van der Waals surface area contributed by atoms with Gasteiger partial charge in [0.05, 0.1) is 6.61 Å². The molecule has 1 heterocycles. The molecular formula is C10H15NO2. The van der Waals surface area contributed by atoms with Crippen molar-refractivity contribution in [1.82, 2.24) is 4.98 Å². The highest BCUT2D eigenvalue weighted by Gasteiger charge is 1.97. The largest absolute Gasteiger partial charge is 0.478 e. The maximum atomic E-state index is 8.55. The molecule has 0 saturated heterocycles. The van der Waals surface area contributed by atoms with Gasteiger partial charge in [-0.3, -0.25) is 0 Å². The molecule has 1 aromatic heterocycles. The summed E-state index contributed by atoms with van der Waals surface area (Å²) in [5.41, 5.74) is 2.10. The van der Waals surface area contributed by atoms with Crippen LogP contribution >= 0.6 is 0 Å². The second-order valence-electron chi connectivity index (χ2n) is 3.05. The van der Waals surface area contributed by atoms with E-state index in [0.29, 0.717) is 18.9 Å². The number of pyridine rings is 1. The van der Waals surface area contributed by atoms with Crippen LogP contribution in [0.2, 0.25) is 0 Å². The average Bonchev–Trinajstić information content (AvgIpc) is 2.03. The Balaban J connectivity index is 2.56. The molecule has 13 heavy (non-hydrogen) atoms. The van der Waals surface area contributed by atoms with E-state index < -0.39 is 0 Å². The number of rotatable bonds is 4. The molecular weight excluding hydrogens is 166 g/mol. The lowest BCUT2D eigenvalue weighted by molar-refractivity contribution is 0.229. The summed E-state index contributed by atoms with van der Waals surface area (Å²) in [6.07, 6.45) is 0.647. The fraction of sp³-hybridized carbons (Fsp3) is 0.500. The van der Waals surface area contributed by atoms with Crippen LogP contribution in [0.3, 0.4) is 0 Å². The van der Waals surface area contributed by atoms with Crippen molar-refractivity contribution in [1.29, 1.82) is 0 Å². The van der Waals surface area contributed by atoms with Crippen molar-refractivity contribution >= 4 is 0 Å². The molecule has 72 valence electrons. The van der Waals surface area contributed by atoms with Crippen LogP contribution in [0.1, 0.15) is 17.7 Å². The molecule has 3 heteroatoms. The van der Waals surface area contributed by atoms with E-state index in [0.717, 1.165) is 11.3 Å². The smallest absolute Gasteiger partial charge is 0.213 e. The number of nitrogens with zero attached hydrogens (tertiary/aromatic N) is 1. The maximum absolute atomic E-state index is 8.55. The standard InChI is InChI=1S/C10H15NO2/c1-8-6-9(2)11-10(7-8)13-5-3-4-12/h6-7,12H,3-5H2,1-2H3. The number of aliphatic hydroxyl groups is 1. The lowest BCUT2D eigenvalue weighted by Crippen LogP contribution is -2.01. The predicted molar refractivity (Wildman–Crippen MR) is 50.9 cm³/mol. The highest BCUT2D eigenvalue weighted by Crippen LogP contribution is 2.11. The zero-order chi connectivity index (χ0) is 9.68. The molecule has 0 radical (unpaired) electrons. The van der Waals surface area contributed by atoms with Crippen LogP contribution in [0.4, 0.5) is 0 Å². The van der Waals surface area contributed by atoms with Gasteiger partial charge in [0, 0.05) is 24.8 Å². The molecule has 1 aromatic rings. The van der Waals surface area contributed by atoms with Crippen LogP contribution in [0.5, 0.6) is 5.88 Å². The van der Waals surface area contributed by atoms with Gasteiger partial charge >= 0.3 is 0 Å². The van der Waals surface area contributed by atoms with Gasteiger partial charge in [0.15, 0.2) is 0 Å². The minimum absolute atomic E-state index is 0.158. The third-order valence-electron chi connectivity index (χ3n) is 1.63. The quantitative estimate of drug-likeness (QED) is 0.715. The van der Waals surface area contributed by atoms with E-state index in [1.807, 2.05) is 26.0 Å². The summed E-state index contributed by atoms with van der Waals surface area (Å²) >= 11 is 0. The minimum Gasteiger partial charge on any atom is -0.478 e. The number of hydrogen-bond donors (Lipinski definition) is 1. The maximum Gasteiger partial charge on any atom is 0.213 e. The zero-order valence-corrected chi connectivity index (χ0v) is 8.08. The first-order chi connectivity index (χ1) is 6.22. The molecule has 0 saturated carbocycles. The first-order valence-corrected chi connectivity index (χ1v) is 4.41. The zero-order valence-electron chi connectivity index (χ0n) is 8.08. The Morgan fingerprint density at radius 3 is 2.77 bits per heavy atom. The van der Waals surface area contributed by atoms with Crippen LogP contribution in [0, 0.1) is 13.8 Å². The van der Waals surface area contributed by atoms with Crippen molar-refractivity contribution in [2.24, 2.45) is 0 Å². The first-order valence-electron chi connectivity index (χ1n) is 4.41. The fourth-order valence-electron chi connectivity index (χ4n) is 1.12. The Kier molecular flexibility index (Phi) is 3.71.